The first-order valence-corrected chi connectivity index (χ1v) is 6.90. The van der Waals surface area contributed by atoms with Gasteiger partial charge in [0.05, 0.1) is 0 Å². The molecule has 1 nitrogen and oxygen atoms in total. The van der Waals surface area contributed by atoms with Crippen LogP contribution in [-0.2, 0) is 0 Å². The van der Waals surface area contributed by atoms with Crippen LogP contribution in [-0.4, -0.2) is 12.6 Å². The Morgan fingerprint density at radius 1 is 1.13 bits per heavy atom. The van der Waals surface area contributed by atoms with Gasteiger partial charge in [-0.2, -0.15) is 0 Å². The maximum atomic E-state index is 3.75. The number of nitrogens with one attached hydrogen (secondary N) is 1. The summed E-state index contributed by atoms with van der Waals surface area (Å²) in [7, 11) is 0. The molecule has 1 saturated carbocycles. The van der Waals surface area contributed by atoms with Gasteiger partial charge in [0.15, 0.2) is 0 Å². The van der Waals surface area contributed by atoms with Gasteiger partial charge < -0.3 is 5.32 Å². The number of unbranched alkanes of at least 4 members (excludes halogenated alkanes) is 4. The summed E-state index contributed by atoms with van der Waals surface area (Å²) >= 11 is 0. The highest BCUT2D eigenvalue weighted by Gasteiger charge is 2.33. The molecule has 1 heteroatoms. The molecule has 0 saturated heterocycles. The summed E-state index contributed by atoms with van der Waals surface area (Å²) < 4.78 is 0. The number of hydrogen-bond acceptors (Lipinski definition) is 1. The van der Waals surface area contributed by atoms with Crippen LogP contribution >= 0.6 is 0 Å². The van der Waals surface area contributed by atoms with Crippen molar-refractivity contribution in [3.8, 4) is 0 Å². The first kappa shape index (κ1) is 13.0. The van der Waals surface area contributed by atoms with Gasteiger partial charge in [0.25, 0.3) is 0 Å². The van der Waals surface area contributed by atoms with Gasteiger partial charge in [0.2, 0.25) is 0 Å². The molecule has 0 radical (unpaired) electrons. The zero-order valence-corrected chi connectivity index (χ0v) is 10.9. The monoisotopic (exact) mass is 211 g/mol. The van der Waals surface area contributed by atoms with Gasteiger partial charge >= 0.3 is 0 Å². The van der Waals surface area contributed by atoms with Gasteiger partial charge in [-0.25, -0.2) is 0 Å². The van der Waals surface area contributed by atoms with Crippen LogP contribution < -0.4 is 5.32 Å². The lowest BCUT2D eigenvalue weighted by molar-refractivity contribution is 0.282. The van der Waals surface area contributed by atoms with Crippen molar-refractivity contribution in [3.63, 3.8) is 0 Å². The third kappa shape index (κ3) is 4.55. The SMILES string of the molecule is CCCCCCCNC1CCCC1(C)C. The van der Waals surface area contributed by atoms with Crippen molar-refractivity contribution in [2.45, 2.75) is 78.2 Å². The van der Waals surface area contributed by atoms with Gasteiger partial charge in [-0.05, 0) is 31.2 Å². The van der Waals surface area contributed by atoms with Crippen molar-refractivity contribution in [1.82, 2.24) is 5.32 Å². The van der Waals surface area contributed by atoms with E-state index in [1.807, 2.05) is 0 Å². The van der Waals surface area contributed by atoms with Gasteiger partial charge in [0.1, 0.15) is 0 Å². The Morgan fingerprint density at radius 2 is 1.87 bits per heavy atom. The third-order valence-corrected chi connectivity index (χ3v) is 3.93. The molecule has 1 unspecified atom stereocenters. The molecule has 0 aromatic heterocycles. The highest BCUT2D eigenvalue weighted by atomic mass is 14.9. The molecular formula is C14H29N. The largest absolute Gasteiger partial charge is 0.313 e. The van der Waals surface area contributed by atoms with Crippen LogP contribution in [0.3, 0.4) is 0 Å². The first-order valence-electron chi connectivity index (χ1n) is 6.90. The maximum Gasteiger partial charge on any atom is 0.0118 e. The highest BCUT2D eigenvalue weighted by molar-refractivity contribution is 4.89. The highest BCUT2D eigenvalue weighted by Crippen LogP contribution is 2.37. The second-order valence-corrected chi connectivity index (χ2v) is 5.80. The topological polar surface area (TPSA) is 12.0 Å². The Hall–Kier alpha value is -0.0400. The summed E-state index contributed by atoms with van der Waals surface area (Å²) in [6, 6.07) is 0.781. The van der Waals surface area contributed by atoms with Crippen LogP contribution in [0.2, 0.25) is 0 Å². The normalized spacial score (nSPS) is 24.6. The summed E-state index contributed by atoms with van der Waals surface area (Å²) in [5.41, 5.74) is 0.545. The summed E-state index contributed by atoms with van der Waals surface area (Å²) in [5.74, 6) is 0. The van der Waals surface area contributed by atoms with E-state index in [1.54, 1.807) is 0 Å². The summed E-state index contributed by atoms with van der Waals surface area (Å²) in [4.78, 5) is 0. The molecule has 1 fully saturated rings. The van der Waals surface area contributed by atoms with E-state index in [-0.39, 0.29) is 0 Å². The van der Waals surface area contributed by atoms with E-state index < -0.39 is 0 Å². The van der Waals surface area contributed by atoms with E-state index in [1.165, 1.54) is 57.9 Å². The summed E-state index contributed by atoms with van der Waals surface area (Å²) in [6.45, 7) is 8.33. The molecule has 1 aliphatic rings. The lowest BCUT2D eigenvalue weighted by Gasteiger charge is -2.28. The van der Waals surface area contributed by atoms with Crippen LogP contribution in [0.1, 0.15) is 72.1 Å². The quantitative estimate of drug-likeness (QED) is 0.624. The molecule has 0 amide bonds. The predicted octanol–water partition coefficient (Wildman–Crippen LogP) is 4.13. The maximum absolute atomic E-state index is 3.75. The van der Waals surface area contributed by atoms with E-state index in [0.717, 1.165) is 6.04 Å². The lowest BCUT2D eigenvalue weighted by Crippen LogP contribution is -2.38. The average Bonchev–Trinajstić information content (AvgIpc) is 2.52. The molecule has 90 valence electrons. The fraction of sp³-hybridized carbons (Fsp3) is 1.00. The smallest absolute Gasteiger partial charge is 0.0118 e. The van der Waals surface area contributed by atoms with Gasteiger partial charge in [-0.3, -0.25) is 0 Å². The van der Waals surface area contributed by atoms with Crippen molar-refractivity contribution < 1.29 is 0 Å². The van der Waals surface area contributed by atoms with Crippen LogP contribution in [0.5, 0.6) is 0 Å². The molecular weight excluding hydrogens is 182 g/mol. The van der Waals surface area contributed by atoms with Gasteiger partial charge in [-0.15, -0.1) is 0 Å². The standard InChI is InChI=1S/C14H29N/c1-4-5-6-7-8-12-15-13-10-9-11-14(13,2)3/h13,15H,4-12H2,1-3H3. The molecule has 0 spiro atoms. The Morgan fingerprint density at radius 3 is 2.47 bits per heavy atom. The Kier molecular flexibility index (Phi) is 5.66. The second kappa shape index (κ2) is 6.52. The van der Waals surface area contributed by atoms with Crippen molar-refractivity contribution in [2.24, 2.45) is 5.41 Å². The average molecular weight is 211 g/mol. The molecule has 0 bridgehead atoms. The zero-order valence-electron chi connectivity index (χ0n) is 10.9. The third-order valence-electron chi connectivity index (χ3n) is 3.93. The molecule has 15 heavy (non-hydrogen) atoms. The van der Waals surface area contributed by atoms with Crippen LogP contribution in [0.15, 0.2) is 0 Å². The molecule has 0 aliphatic heterocycles. The van der Waals surface area contributed by atoms with E-state index in [2.05, 4.69) is 26.1 Å². The van der Waals surface area contributed by atoms with Gasteiger partial charge in [0, 0.05) is 6.04 Å². The molecule has 1 rings (SSSR count). The van der Waals surface area contributed by atoms with E-state index >= 15 is 0 Å². The van der Waals surface area contributed by atoms with Gasteiger partial charge in [-0.1, -0.05) is 52.9 Å². The zero-order chi connectivity index (χ0) is 11.1. The minimum Gasteiger partial charge on any atom is -0.313 e. The molecule has 1 atom stereocenters. The van der Waals surface area contributed by atoms with Crippen molar-refractivity contribution in [1.29, 1.82) is 0 Å². The Bertz CT molecular complexity index is 163. The Balaban J connectivity index is 2.00. The minimum absolute atomic E-state index is 0.545. The summed E-state index contributed by atoms with van der Waals surface area (Å²) in [6.07, 6.45) is 11.2. The number of hydrogen-bond donors (Lipinski definition) is 1. The molecule has 1 aliphatic carbocycles. The van der Waals surface area contributed by atoms with Crippen LogP contribution in [0.4, 0.5) is 0 Å². The number of rotatable bonds is 7. The van der Waals surface area contributed by atoms with Crippen LogP contribution in [0, 0.1) is 5.41 Å². The van der Waals surface area contributed by atoms with E-state index in [9.17, 15) is 0 Å². The molecule has 0 heterocycles. The molecule has 1 N–H and O–H groups in total. The summed E-state index contributed by atoms with van der Waals surface area (Å²) in [5, 5.41) is 3.75. The molecule has 0 aromatic rings. The Labute approximate surface area is 96.0 Å². The first-order chi connectivity index (χ1) is 7.17. The fourth-order valence-electron chi connectivity index (χ4n) is 2.71. The predicted molar refractivity (Wildman–Crippen MR) is 68.2 cm³/mol. The van der Waals surface area contributed by atoms with E-state index in [0.29, 0.717) is 5.41 Å². The van der Waals surface area contributed by atoms with Crippen molar-refractivity contribution in [2.75, 3.05) is 6.54 Å². The second-order valence-electron chi connectivity index (χ2n) is 5.80. The lowest BCUT2D eigenvalue weighted by atomic mass is 9.87. The van der Waals surface area contributed by atoms with Crippen LogP contribution in [0.25, 0.3) is 0 Å². The van der Waals surface area contributed by atoms with Crippen molar-refractivity contribution in [3.05, 3.63) is 0 Å². The minimum atomic E-state index is 0.545. The van der Waals surface area contributed by atoms with Crippen molar-refractivity contribution >= 4 is 0 Å². The van der Waals surface area contributed by atoms with E-state index in [4.69, 9.17) is 0 Å². The fourth-order valence-corrected chi connectivity index (χ4v) is 2.71. The molecule has 0 aromatic carbocycles.